The Morgan fingerprint density at radius 2 is 2.20 bits per heavy atom. The molecule has 0 heterocycles. The molecule has 7 nitrogen and oxygen atoms in total. The first-order valence-corrected chi connectivity index (χ1v) is 6.60. The van der Waals surface area contributed by atoms with Crippen molar-refractivity contribution in [2.24, 2.45) is 0 Å². The van der Waals surface area contributed by atoms with E-state index < -0.39 is 27.3 Å². The van der Waals surface area contributed by atoms with Gasteiger partial charge in [-0.1, -0.05) is 27.5 Å². The molecule has 1 unspecified atom stereocenters. The molecule has 0 saturated heterocycles. The minimum atomic E-state index is -0.734. The molecule has 1 rings (SSSR count). The predicted octanol–water partition coefficient (Wildman–Crippen LogP) is 1.91. The molecule has 0 radical (unpaired) electrons. The summed E-state index contributed by atoms with van der Waals surface area (Å²) in [6.07, 6.45) is 0. The number of halogens is 2. The number of nitro groups is 1. The number of nitro benzene ring substituents is 1. The van der Waals surface area contributed by atoms with E-state index in [0.29, 0.717) is 0 Å². The van der Waals surface area contributed by atoms with E-state index in [9.17, 15) is 19.7 Å². The zero-order valence-electron chi connectivity index (χ0n) is 10.3. The fourth-order valence-corrected chi connectivity index (χ4v) is 1.85. The summed E-state index contributed by atoms with van der Waals surface area (Å²) in [4.78, 5) is 32.4. The van der Waals surface area contributed by atoms with Crippen molar-refractivity contribution < 1.29 is 19.2 Å². The van der Waals surface area contributed by atoms with Gasteiger partial charge in [0.15, 0.2) is 0 Å². The average Bonchev–Trinajstić information content (AvgIpc) is 2.43. The summed E-state index contributed by atoms with van der Waals surface area (Å²) in [6, 6.07) is 3.70. The maximum Gasteiger partial charge on any atom is 0.321 e. The Morgan fingerprint density at radius 1 is 1.55 bits per heavy atom. The van der Waals surface area contributed by atoms with Crippen LogP contribution in [0.25, 0.3) is 0 Å². The minimum absolute atomic E-state index is 0.0642. The first-order valence-electron chi connectivity index (χ1n) is 5.31. The van der Waals surface area contributed by atoms with Crippen LogP contribution < -0.4 is 5.32 Å². The highest BCUT2D eigenvalue weighted by Crippen LogP contribution is 2.23. The lowest BCUT2D eigenvalue weighted by atomic mass is 10.1. The number of carbonyl (C=O) groups is 2. The lowest BCUT2D eigenvalue weighted by Crippen LogP contribution is -2.34. The van der Waals surface area contributed by atoms with Gasteiger partial charge < -0.3 is 10.1 Å². The normalized spacial score (nSPS) is 11.6. The van der Waals surface area contributed by atoms with Crippen molar-refractivity contribution in [3.05, 3.63) is 38.9 Å². The van der Waals surface area contributed by atoms with E-state index in [0.717, 1.165) is 6.07 Å². The van der Waals surface area contributed by atoms with Crippen LogP contribution in [0.15, 0.2) is 18.2 Å². The van der Waals surface area contributed by atoms with Crippen molar-refractivity contribution >= 4 is 45.1 Å². The number of esters is 1. The summed E-state index contributed by atoms with van der Waals surface area (Å²) in [6.45, 7) is -0.0642. The SMILES string of the molecule is COC(=O)C(Br)CNC(=O)c1ccc(Cl)cc1[N+](=O)[O-]. The summed E-state index contributed by atoms with van der Waals surface area (Å²) >= 11 is 8.67. The number of amides is 1. The molecule has 1 N–H and O–H groups in total. The van der Waals surface area contributed by atoms with Crippen LogP contribution in [0, 0.1) is 10.1 Å². The minimum Gasteiger partial charge on any atom is -0.468 e. The summed E-state index contributed by atoms with van der Waals surface area (Å²) in [5.41, 5.74) is -0.539. The van der Waals surface area contributed by atoms with Crippen LogP contribution in [0.2, 0.25) is 5.02 Å². The number of nitrogens with one attached hydrogen (secondary N) is 1. The van der Waals surface area contributed by atoms with Crippen LogP contribution in [-0.4, -0.2) is 35.3 Å². The smallest absolute Gasteiger partial charge is 0.321 e. The van der Waals surface area contributed by atoms with Crippen LogP contribution in [0.3, 0.4) is 0 Å². The fraction of sp³-hybridized carbons (Fsp3) is 0.273. The summed E-state index contributed by atoms with van der Waals surface area (Å²) in [7, 11) is 1.21. The van der Waals surface area contributed by atoms with Gasteiger partial charge in [0.1, 0.15) is 10.4 Å². The third-order valence-electron chi connectivity index (χ3n) is 2.30. The number of hydrogen-bond acceptors (Lipinski definition) is 5. The molecule has 20 heavy (non-hydrogen) atoms. The molecule has 0 aliphatic carbocycles. The second-order valence-corrected chi connectivity index (χ2v) is 5.16. The van der Waals surface area contributed by atoms with E-state index >= 15 is 0 Å². The lowest BCUT2D eigenvalue weighted by molar-refractivity contribution is -0.385. The molecule has 9 heteroatoms. The van der Waals surface area contributed by atoms with Crippen molar-refractivity contribution in [1.82, 2.24) is 5.32 Å². The lowest BCUT2D eigenvalue weighted by Gasteiger charge is -2.09. The zero-order valence-corrected chi connectivity index (χ0v) is 12.6. The van der Waals surface area contributed by atoms with Gasteiger partial charge in [0.05, 0.1) is 12.0 Å². The number of ether oxygens (including phenoxy) is 1. The van der Waals surface area contributed by atoms with E-state index in [4.69, 9.17) is 11.6 Å². The molecule has 0 aliphatic rings. The Balaban J connectivity index is 2.83. The molecule has 0 aromatic heterocycles. The van der Waals surface area contributed by atoms with Gasteiger partial charge in [0, 0.05) is 17.6 Å². The number of carbonyl (C=O) groups excluding carboxylic acids is 2. The molecule has 108 valence electrons. The molecule has 1 amide bonds. The summed E-state index contributed by atoms with van der Waals surface area (Å²) in [5, 5.41) is 13.4. The quantitative estimate of drug-likeness (QED) is 0.372. The van der Waals surface area contributed by atoms with E-state index in [1.165, 1.54) is 19.2 Å². The number of rotatable bonds is 5. The molecule has 1 aromatic rings. The van der Waals surface area contributed by atoms with Gasteiger partial charge in [-0.3, -0.25) is 19.7 Å². The van der Waals surface area contributed by atoms with E-state index in [1.807, 2.05) is 0 Å². The van der Waals surface area contributed by atoms with Crippen LogP contribution >= 0.6 is 27.5 Å². The molecule has 0 fully saturated rings. The van der Waals surface area contributed by atoms with Gasteiger partial charge in [-0.15, -0.1) is 0 Å². The van der Waals surface area contributed by atoms with Crippen LogP contribution in [-0.2, 0) is 9.53 Å². The van der Waals surface area contributed by atoms with Crippen LogP contribution in [0.1, 0.15) is 10.4 Å². The molecular formula is C11H10BrClN2O5. The predicted molar refractivity (Wildman–Crippen MR) is 75.2 cm³/mol. The van der Waals surface area contributed by atoms with Gasteiger partial charge in [0.25, 0.3) is 11.6 Å². The molecule has 0 spiro atoms. The number of methoxy groups -OCH3 is 1. The Bertz CT molecular complexity index is 552. The van der Waals surface area contributed by atoms with E-state index in [-0.39, 0.29) is 17.1 Å². The van der Waals surface area contributed by atoms with Gasteiger partial charge in [-0.2, -0.15) is 0 Å². The standard InChI is InChI=1S/C11H10BrClN2O5/c1-20-11(17)8(12)5-14-10(16)7-3-2-6(13)4-9(7)15(18)19/h2-4,8H,5H2,1H3,(H,14,16). The number of benzene rings is 1. The van der Waals surface area contributed by atoms with Gasteiger partial charge in [-0.05, 0) is 12.1 Å². The van der Waals surface area contributed by atoms with E-state index in [1.54, 1.807) is 0 Å². The number of alkyl halides is 1. The monoisotopic (exact) mass is 364 g/mol. The van der Waals surface area contributed by atoms with Crippen LogP contribution in [0.4, 0.5) is 5.69 Å². The second-order valence-electron chi connectivity index (χ2n) is 3.62. The molecule has 1 atom stereocenters. The zero-order chi connectivity index (χ0) is 15.3. The Morgan fingerprint density at radius 3 is 2.75 bits per heavy atom. The third-order valence-corrected chi connectivity index (χ3v) is 3.23. The Kier molecular flexibility index (Phi) is 5.90. The average molecular weight is 366 g/mol. The van der Waals surface area contributed by atoms with Crippen molar-refractivity contribution in [1.29, 1.82) is 0 Å². The topological polar surface area (TPSA) is 98.5 Å². The highest BCUT2D eigenvalue weighted by molar-refractivity contribution is 9.10. The van der Waals surface area contributed by atoms with Crippen molar-refractivity contribution in [3.63, 3.8) is 0 Å². The van der Waals surface area contributed by atoms with Gasteiger partial charge in [0.2, 0.25) is 0 Å². The van der Waals surface area contributed by atoms with Crippen molar-refractivity contribution in [2.45, 2.75) is 4.83 Å². The largest absolute Gasteiger partial charge is 0.468 e. The highest BCUT2D eigenvalue weighted by atomic mass is 79.9. The Labute approximate surface area is 127 Å². The number of nitrogens with zero attached hydrogens (tertiary/aromatic N) is 1. The van der Waals surface area contributed by atoms with Gasteiger partial charge in [-0.25, -0.2) is 0 Å². The summed E-state index contributed by atoms with van der Waals surface area (Å²) in [5.74, 6) is -1.24. The maximum absolute atomic E-state index is 11.9. The third kappa shape index (κ3) is 4.17. The fourth-order valence-electron chi connectivity index (χ4n) is 1.34. The molecule has 0 bridgehead atoms. The highest BCUT2D eigenvalue weighted by Gasteiger charge is 2.22. The van der Waals surface area contributed by atoms with Crippen molar-refractivity contribution in [3.8, 4) is 0 Å². The molecule has 0 aliphatic heterocycles. The first kappa shape index (κ1) is 16.4. The molecule has 0 saturated carbocycles. The van der Waals surface area contributed by atoms with E-state index in [2.05, 4.69) is 26.0 Å². The molecular weight excluding hydrogens is 355 g/mol. The first-order chi connectivity index (χ1) is 9.36. The maximum atomic E-state index is 11.9. The molecule has 1 aromatic carbocycles. The summed E-state index contributed by atoms with van der Waals surface area (Å²) < 4.78 is 4.46. The Hall–Kier alpha value is -1.67. The number of hydrogen-bond donors (Lipinski definition) is 1. The second kappa shape index (κ2) is 7.20. The van der Waals surface area contributed by atoms with Crippen molar-refractivity contribution in [2.75, 3.05) is 13.7 Å². The van der Waals surface area contributed by atoms with Gasteiger partial charge >= 0.3 is 5.97 Å². The van der Waals surface area contributed by atoms with Crippen LogP contribution in [0.5, 0.6) is 0 Å².